The van der Waals surface area contributed by atoms with E-state index in [0.717, 1.165) is 33.4 Å². The molecule has 1 N–H and O–H groups in total. The van der Waals surface area contributed by atoms with Gasteiger partial charge in [-0.15, -0.1) is 0 Å². The van der Waals surface area contributed by atoms with E-state index >= 15 is 0 Å². The quantitative estimate of drug-likeness (QED) is 0.379. The number of nitrogens with zero attached hydrogens (tertiary/aromatic N) is 1. The van der Waals surface area contributed by atoms with E-state index in [2.05, 4.69) is 62.7 Å². The molecule has 38 heavy (non-hydrogen) atoms. The fourth-order valence-corrected chi connectivity index (χ4v) is 6.00. The zero-order valence-electron chi connectivity index (χ0n) is 23.2. The maximum atomic E-state index is 13.1. The van der Waals surface area contributed by atoms with Gasteiger partial charge in [0.1, 0.15) is 0 Å². The maximum absolute atomic E-state index is 13.1. The molecule has 1 amide bonds. The molecule has 0 atom stereocenters. The lowest BCUT2D eigenvalue weighted by Crippen LogP contribution is -2.32. The summed E-state index contributed by atoms with van der Waals surface area (Å²) >= 11 is 0. The summed E-state index contributed by atoms with van der Waals surface area (Å²) in [6.45, 7) is 10.4. The van der Waals surface area contributed by atoms with Crippen molar-refractivity contribution in [3.05, 3.63) is 88.0 Å². The molecule has 1 heterocycles. The molecule has 0 unspecified atom stereocenters. The summed E-state index contributed by atoms with van der Waals surface area (Å²) in [6.07, 6.45) is -0.00270. The van der Waals surface area contributed by atoms with Gasteiger partial charge in [0.15, 0.2) is 0 Å². The Morgan fingerprint density at radius 2 is 1.47 bits per heavy atom. The Morgan fingerprint density at radius 3 is 2.05 bits per heavy atom. The van der Waals surface area contributed by atoms with E-state index in [9.17, 15) is 13.2 Å². The highest BCUT2D eigenvalue weighted by atomic mass is 32.2. The average Bonchev–Trinajstić information content (AvgIpc) is 3.31. The maximum Gasteiger partial charge on any atom is 0.264 e. The number of hydrogen-bond donors (Lipinski definition) is 1. The number of carbonyl (C=O) groups is 1. The highest BCUT2D eigenvalue weighted by molar-refractivity contribution is 7.90. The van der Waals surface area contributed by atoms with Gasteiger partial charge in [-0.3, -0.25) is 4.79 Å². The molecule has 0 saturated carbocycles. The van der Waals surface area contributed by atoms with Crippen molar-refractivity contribution in [3.63, 3.8) is 0 Å². The van der Waals surface area contributed by atoms with E-state index in [1.807, 2.05) is 19.0 Å². The van der Waals surface area contributed by atoms with Gasteiger partial charge in [0, 0.05) is 6.54 Å². The SMILES string of the molecule is CC(C)c1cc(-c2ccc3c(c2)COC3)cc(C(C)C)c1CC(=O)NS(=O)(=O)c1ccc(CN(C)C)cc1. The largest absolute Gasteiger partial charge is 0.372 e. The van der Waals surface area contributed by atoms with Crippen molar-refractivity contribution in [2.24, 2.45) is 0 Å². The minimum atomic E-state index is -3.97. The highest BCUT2D eigenvalue weighted by Crippen LogP contribution is 2.35. The van der Waals surface area contributed by atoms with Crippen LogP contribution in [-0.4, -0.2) is 33.3 Å². The Labute approximate surface area is 227 Å². The molecule has 3 aromatic rings. The molecule has 4 rings (SSSR count). The predicted octanol–water partition coefficient (Wildman–Crippen LogP) is 5.74. The zero-order chi connectivity index (χ0) is 27.6. The molecular weight excluding hydrogens is 496 g/mol. The molecule has 0 fully saturated rings. The first kappa shape index (κ1) is 28.0. The standard InChI is InChI=1S/C31H38N2O4S/c1-20(2)28-14-25(23-9-10-24-18-37-19-26(24)13-23)15-29(21(3)4)30(28)16-31(34)32-38(35,36)27-11-7-22(8-12-27)17-33(5)6/h7-15,20-21H,16-19H2,1-6H3,(H,32,34). The van der Waals surface area contributed by atoms with Crippen LogP contribution >= 0.6 is 0 Å². The van der Waals surface area contributed by atoms with Crippen LogP contribution in [-0.2, 0) is 45.7 Å². The molecule has 1 aliphatic heterocycles. The van der Waals surface area contributed by atoms with Gasteiger partial charge in [0.2, 0.25) is 5.91 Å². The van der Waals surface area contributed by atoms with Gasteiger partial charge in [0.05, 0.1) is 24.5 Å². The third kappa shape index (κ3) is 6.34. The van der Waals surface area contributed by atoms with Crippen LogP contribution in [0.25, 0.3) is 11.1 Å². The van der Waals surface area contributed by atoms with Gasteiger partial charge < -0.3 is 9.64 Å². The van der Waals surface area contributed by atoms with Crippen LogP contribution in [0.2, 0.25) is 0 Å². The minimum absolute atomic E-state index is 0.00270. The minimum Gasteiger partial charge on any atom is -0.372 e. The van der Waals surface area contributed by atoms with Crippen molar-refractivity contribution in [2.75, 3.05) is 14.1 Å². The van der Waals surface area contributed by atoms with Crippen molar-refractivity contribution in [3.8, 4) is 11.1 Å². The summed E-state index contributed by atoms with van der Waals surface area (Å²) in [5.74, 6) is -0.212. The van der Waals surface area contributed by atoms with Crippen molar-refractivity contribution in [1.29, 1.82) is 0 Å². The molecule has 0 spiro atoms. The molecule has 0 aromatic heterocycles. The van der Waals surface area contributed by atoms with Gasteiger partial charge in [-0.2, -0.15) is 0 Å². The average molecular weight is 535 g/mol. The summed E-state index contributed by atoms with van der Waals surface area (Å²) in [5, 5.41) is 0. The second-order valence-corrected chi connectivity index (χ2v) is 12.7. The van der Waals surface area contributed by atoms with E-state index in [-0.39, 0.29) is 23.2 Å². The van der Waals surface area contributed by atoms with Crippen LogP contribution in [0.5, 0.6) is 0 Å². The Morgan fingerprint density at radius 1 is 0.868 bits per heavy atom. The number of hydrogen-bond acceptors (Lipinski definition) is 5. The predicted molar refractivity (Wildman–Crippen MR) is 151 cm³/mol. The van der Waals surface area contributed by atoms with E-state index in [1.54, 1.807) is 24.3 Å². The lowest BCUT2D eigenvalue weighted by Gasteiger charge is -2.22. The summed E-state index contributed by atoms with van der Waals surface area (Å²) < 4.78 is 33.9. The number of rotatable bonds is 9. The Bertz CT molecular complexity index is 1400. The number of benzene rings is 3. The van der Waals surface area contributed by atoms with Crippen LogP contribution in [0, 0.1) is 0 Å². The molecular formula is C31H38N2O4S. The Kier molecular flexibility index (Phi) is 8.40. The fourth-order valence-electron chi connectivity index (χ4n) is 5.01. The topological polar surface area (TPSA) is 75.7 Å². The number of amides is 1. The van der Waals surface area contributed by atoms with Crippen molar-refractivity contribution < 1.29 is 17.9 Å². The molecule has 0 aliphatic carbocycles. The second-order valence-electron chi connectivity index (χ2n) is 11.0. The lowest BCUT2D eigenvalue weighted by atomic mass is 9.83. The third-order valence-corrected chi connectivity index (χ3v) is 8.32. The number of sulfonamides is 1. The summed E-state index contributed by atoms with van der Waals surface area (Å²) in [6, 6.07) is 17.4. The van der Waals surface area contributed by atoms with E-state index in [4.69, 9.17) is 4.74 Å². The number of fused-ring (bicyclic) bond motifs is 1. The van der Waals surface area contributed by atoms with Gasteiger partial charge in [-0.05, 0) is 88.6 Å². The first-order valence-corrected chi connectivity index (χ1v) is 14.6. The molecule has 1 aliphatic rings. The third-order valence-electron chi connectivity index (χ3n) is 6.94. The lowest BCUT2D eigenvalue weighted by molar-refractivity contribution is -0.118. The van der Waals surface area contributed by atoms with Crippen molar-refractivity contribution >= 4 is 15.9 Å². The van der Waals surface area contributed by atoms with Gasteiger partial charge in [-0.25, -0.2) is 13.1 Å². The number of carbonyl (C=O) groups excluding carboxylic acids is 1. The fraction of sp³-hybridized carbons (Fsp3) is 0.387. The molecule has 0 bridgehead atoms. The molecule has 7 heteroatoms. The van der Waals surface area contributed by atoms with Crippen LogP contribution in [0.15, 0.2) is 59.5 Å². The van der Waals surface area contributed by atoms with Gasteiger partial charge >= 0.3 is 0 Å². The van der Waals surface area contributed by atoms with E-state index in [1.165, 1.54) is 11.1 Å². The molecule has 3 aromatic carbocycles. The van der Waals surface area contributed by atoms with Crippen LogP contribution in [0.3, 0.4) is 0 Å². The monoisotopic (exact) mass is 534 g/mol. The van der Waals surface area contributed by atoms with Crippen LogP contribution in [0.4, 0.5) is 0 Å². The molecule has 0 radical (unpaired) electrons. The second kappa shape index (κ2) is 11.4. The van der Waals surface area contributed by atoms with E-state index in [0.29, 0.717) is 19.8 Å². The Balaban J connectivity index is 1.62. The first-order chi connectivity index (χ1) is 17.9. The zero-order valence-corrected chi connectivity index (χ0v) is 24.0. The molecule has 0 saturated heterocycles. The summed E-state index contributed by atoms with van der Waals surface area (Å²) in [5.41, 5.74) is 8.67. The van der Waals surface area contributed by atoms with Crippen molar-refractivity contribution in [1.82, 2.24) is 9.62 Å². The first-order valence-electron chi connectivity index (χ1n) is 13.1. The number of nitrogens with one attached hydrogen (secondary N) is 1. The van der Waals surface area contributed by atoms with Gasteiger partial charge in [-0.1, -0.05) is 64.1 Å². The summed E-state index contributed by atoms with van der Waals surface area (Å²) in [7, 11) is -0.0664. The van der Waals surface area contributed by atoms with Crippen molar-refractivity contribution in [2.45, 2.75) is 70.6 Å². The smallest absolute Gasteiger partial charge is 0.264 e. The van der Waals surface area contributed by atoms with Crippen LogP contribution < -0.4 is 4.72 Å². The van der Waals surface area contributed by atoms with Gasteiger partial charge in [0.25, 0.3) is 10.0 Å². The summed E-state index contributed by atoms with van der Waals surface area (Å²) in [4.78, 5) is 15.2. The Hall–Kier alpha value is -3.00. The van der Waals surface area contributed by atoms with Crippen LogP contribution in [0.1, 0.15) is 72.9 Å². The highest BCUT2D eigenvalue weighted by Gasteiger charge is 2.23. The normalized spacial score (nSPS) is 13.4. The van der Waals surface area contributed by atoms with E-state index < -0.39 is 15.9 Å². The molecule has 202 valence electrons. The number of ether oxygens (including phenoxy) is 1. The molecule has 6 nitrogen and oxygen atoms in total.